The van der Waals surface area contributed by atoms with Crippen molar-refractivity contribution in [2.75, 3.05) is 0 Å². The molecular weight excluding hydrogens is 412 g/mol. The smallest absolute Gasteiger partial charge is 0.279 e. The first-order valence-corrected chi connectivity index (χ1v) is 12.0. The summed E-state index contributed by atoms with van der Waals surface area (Å²) in [6, 6.07) is 15.5. The van der Waals surface area contributed by atoms with Crippen LogP contribution in [-0.4, -0.2) is 10.9 Å². The highest BCUT2D eigenvalue weighted by molar-refractivity contribution is 8.03. The summed E-state index contributed by atoms with van der Waals surface area (Å²) in [5, 5.41) is 5.84. The van der Waals surface area contributed by atoms with Gasteiger partial charge < -0.3 is 5.32 Å². The van der Waals surface area contributed by atoms with Crippen LogP contribution in [-0.2, 0) is 0 Å². The molecule has 0 radical (unpaired) electrons. The van der Waals surface area contributed by atoms with Crippen molar-refractivity contribution in [2.45, 2.75) is 49.3 Å². The summed E-state index contributed by atoms with van der Waals surface area (Å²) in [6.45, 7) is 0. The van der Waals surface area contributed by atoms with Crippen molar-refractivity contribution < 1.29 is 4.79 Å². The Bertz CT molecular complexity index is 1210. The first-order chi connectivity index (χ1) is 14.7. The van der Waals surface area contributed by atoms with Gasteiger partial charge in [0.15, 0.2) is 0 Å². The summed E-state index contributed by atoms with van der Waals surface area (Å²) in [5.74, 6) is 0.589. The van der Waals surface area contributed by atoms with E-state index in [1.165, 1.54) is 31.3 Å². The van der Waals surface area contributed by atoms with E-state index in [0.29, 0.717) is 5.92 Å². The lowest BCUT2D eigenvalue weighted by Gasteiger charge is -2.25. The van der Waals surface area contributed by atoms with Crippen LogP contribution in [0.2, 0.25) is 0 Å². The van der Waals surface area contributed by atoms with Gasteiger partial charge >= 0.3 is 0 Å². The number of thioether (sulfide) groups is 1. The Morgan fingerprint density at radius 1 is 0.933 bits per heavy atom. The number of amides is 1. The van der Waals surface area contributed by atoms with E-state index in [4.69, 9.17) is 0 Å². The normalized spacial score (nSPS) is 17.9. The van der Waals surface area contributed by atoms with E-state index in [1.807, 2.05) is 48.5 Å². The molecule has 0 spiro atoms. The van der Waals surface area contributed by atoms with Crippen molar-refractivity contribution in [1.82, 2.24) is 10.3 Å². The molecule has 0 atom stereocenters. The molecule has 1 aliphatic heterocycles. The highest BCUT2D eigenvalue weighted by Crippen LogP contribution is 2.40. The molecule has 30 heavy (non-hydrogen) atoms. The van der Waals surface area contributed by atoms with Gasteiger partial charge in [0.2, 0.25) is 0 Å². The Labute approximate surface area is 183 Å². The fourth-order valence-electron chi connectivity index (χ4n) is 3.65. The Hall–Kier alpha value is -2.44. The van der Waals surface area contributed by atoms with Crippen LogP contribution in [0.5, 0.6) is 0 Å². The van der Waals surface area contributed by atoms with Gasteiger partial charge in [-0.05, 0) is 61.9 Å². The SMILES string of the molecule is O=C1NC(=C2CCC2)Sc2ccccc21.O=c1nc(C2CCC2)sc2ccccc12. The quantitative estimate of drug-likeness (QED) is 0.523. The maximum atomic E-state index is 11.8. The van der Waals surface area contributed by atoms with Crippen molar-refractivity contribution >= 4 is 39.1 Å². The highest BCUT2D eigenvalue weighted by atomic mass is 32.2. The average molecular weight is 435 g/mol. The van der Waals surface area contributed by atoms with Crippen LogP contribution in [0.1, 0.15) is 59.8 Å². The van der Waals surface area contributed by atoms with Crippen molar-refractivity contribution in [3.8, 4) is 0 Å². The number of aromatic nitrogens is 1. The van der Waals surface area contributed by atoms with Crippen LogP contribution < -0.4 is 10.9 Å². The molecule has 0 bridgehead atoms. The lowest BCUT2D eigenvalue weighted by Crippen LogP contribution is -2.27. The first kappa shape index (κ1) is 19.5. The van der Waals surface area contributed by atoms with Gasteiger partial charge in [-0.25, -0.2) is 4.98 Å². The molecule has 2 fully saturated rings. The number of fused-ring (bicyclic) bond motifs is 2. The van der Waals surface area contributed by atoms with Gasteiger partial charge in [-0.1, -0.05) is 42.4 Å². The monoisotopic (exact) mass is 434 g/mol. The van der Waals surface area contributed by atoms with Crippen LogP contribution in [0.3, 0.4) is 0 Å². The second-order valence-corrected chi connectivity index (χ2v) is 9.93. The zero-order chi connectivity index (χ0) is 20.5. The number of rotatable bonds is 1. The summed E-state index contributed by atoms with van der Waals surface area (Å²) in [4.78, 5) is 28.8. The molecule has 6 heteroatoms. The molecule has 2 heterocycles. The molecule has 152 valence electrons. The van der Waals surface area contributed by atoms with E-state index in [-0.39, 0.29) is 11.5 Å². The van der Waals surface area contributed by atoms with Crippen LogP contribution in [0.15, 0.2) is 68.8 Å². The summed E-state index contributed by atoms with van der Waals surface area (Å²) >= 11 is 3.37. The molecule has 1 N–H and O–H groups in total. The van der Waals surface area contributed by atoms with Crippen molar-refractivity contribution in [3.63, 3.8) is 0 Å². The molecular formula is C24H22N2O2S2. The molecule has 4 nitrogen and oxygen atoms in total. The third-order valence-electron chi connectivity index (χ3n) is 5.85. The summed E-state index contributed by atoms with van der Waals surface area (Å²) in [6.07, 6.45) is 7.22. The molecule has 1 amide bonds. The number of nitrogens with one attached hydrogen (secondary N) is 1. The van der Waals surface area contributed by atoms with Gasteiger partial charge in [0.25, 0.3) is 11.5 Å². The zero-order valence-electron chi connectivity index (χ0n) is 16.5. The fourth-order valence-corrected chi connectivity index (χ4v) is 5.95. The van der Waals surface area contributed by atoms with Crippen LogP contribution in [0, 0.1) is 0 Å². The molecule has 2 aliphatic carbocycles. The van der Waals surface area contributed by atoms with E-state index in [2.05, 4.69) is 10.3 Å². The number of hydrogen-bond acceptors (Lipinski definition) is 5. The Kier molecular flexibility index (Phi) is 5.44. The van der Waals surface area contributed by atoms with E-state index in [9.17, 15) is 9.59 Å². The number of hydrogen-bond donors (Lipinski definition) is 1. The highest BCUT2D eigenvalue weighted by Gasteiger charge is 2.24. The average Bonchev–Trinajstić information content (AvgIpc) is 2.66. The molecule has 0 unspecified atom stereocenters. The molecule has 0 saturated heterocycles. The molecule has 2 aromatic carbocycles. The molecule has 3 aromatic rings. The van der Waals surface area contributed by atoms with Crippen molar-refractivity contribution in [1.29, 1.82) is 0 Å². The molecule has 6 rings (SSSR count). The van der Waals surface area contributed by atoms with Gasteiger partial charge in [-0.3, -0.25) is 9.59 Å². The third-order valence-corrected chi connectivity index (χ3v) is 8.23. The molecule has 1 aromatic heterocycles. The largest absolute Gasteiger partial charge is 0.316 e. The maximum absolute atomic E-state index is 11.8. The second kappa shape index (κ2) is 8.36. The van der Waals surface area contributed by atoms with Gasteiger partial charge in [0.1, 0.15) is 5.01 Å². The topological polar surface area (TPSA) is 59.1 Å². The van der Waals surface area contributed by atoms with Crippen LogP contribution in [0.4, 0.5) is 0 Å². The van der Waals surface area contributed by atoms with Gasteiger partial charge in [0, 0.05) is 15.5 Å². The van der Waals surface area contributed by atoms with E-state index in [1.54, 1.807) is 23.1 Å². The summed E-state index contributed by atoms with van der Waals surface area (Å²) in [7, 11) is 0. The maximum Gasteiger partial charge on any atom is 0.279 e. The Morgan fingerprint density at radius 3 is 2.43 bits per heavy atom. The lowest BCUT2D eigenvalue weighted by molar-refractivity contribution is 0.0963. The van der Waals surface area contributed by atoms with Gasteiger partial charge in [0.05, 0.1) is 16.0 Å². The van der Waals surface area contributed by atoms with Crippen LogP contribution >= 0.6 is 23.1 Å². The van der Waals surface area contributed by atoms with Crippen molar-refractivity contribution in [2.24, 2.45) is 0 Å². The van der Waals surface area contributed by atoms with Crippen LogP contribution in [0.25, 0.3) is 10.1 Å². The van der Waals surface area contributed by atoms with E-state index < -0.39 is 0 Å². The Morgan fingerprint density at radius 2 is 1.70 bits per heavy atom. The number of allylic oxidation sites excluding steroid dienone is 1. The zero-order valence-corrected chi connectivity index (χ0v) is 18.2. The number of carbonyl (C=O) groups is 1. The summed E-state index contributed by atoms with van der Waals surface area (Å²) in [5.41, 5.74) is 2.14. The van der Waals surface area contributed by atoms with Crippen molar-refractivity contribution in [3.05, 3.63) is 80.1 Å². The minimum absolute atomic E-state index is 0.0405. The fraction of sp³-hybridized carbons (Fsp3) is 0.292. The third kappa shape index (κ3) is 3.82. The predicted octanol–water partition coefficient (Wildman–Crippen LogP) is 5.84. The van der Waals surface area contributed by atoms with E-state index in [0.717, 1.165) is 43.4 Å². The first-order valence-electron chi connectivity index (χ1n) is 10.4. The number of carbonyl (C=O) groups excluding carboxylic acids is 1. The number of nitrogens with zero attached hydrogens (tertiary/aromatic N) is 1. The second-order valence-electron chi connectivity index (χ2n) is 7.82. The van der Waals surface area contributed by atoms with Gasteiger partial charge in [-0.2, -0.15) is 0 Å². The van der Waals surface area contributed by atoms with Gasteiger partial charge in [-0.15, -0.1) is 11.3 Å². The standard InChI is InChI=1S/2C12H11NOS/c2*14-11-9-6-1-2-7-10(9)15-12(13-11)8-4-3-5-8/h1-2,6-7H,3-5H2,(H,13,14);1-2,6-8H,3-5H2. The number of benzene rings is 2. The minimum atomic E-state index is -0.0637. The summed E-state index contributed by atoms with van der Waals surface area (Å²) < 4.78 is 1.07. The Balaban J connectivity index is 0.000000128. The van der Waals surface area contributed by atoms with E-state index >= 15 is 0 Å². The lowest BCUT2D eigenvalue weighted by atomic mass is 9.86. The minimum Gasteiger partial charge on any atom is -0.316 e. The molecule has 2 saturated carbocycles. The molecule has 3 aliphatic rings. The predicted molar refractivity (Wildman–Crippen MR) is 123 cm³/mol.